The number of nitrogens with one attached hydrogen (secondary N) is 1. The van der Waals surface area contributed by atoms with Gasteiger partial charge in [0.05, 0.1) is 11.9 Å². The van der Waals surface area contributed by atoms with Crippen LogP contribution in [0.5, 0.6) is 0 Å². The van der Waals surface area contributed by atoms with Gasteiger partial charge in [-0.15, -0.1) is 16.4 Å². The molecule has 0 aliphatic carbocycles. The number of fused-ring (bicyclic) bond motifs is 1. The molecule has 0 aliphatic rings. The molecule has 1 unspecified atom stereocenters. The second-order valence-corrected chi connectivity index (χ2v) is 5.81. The predicted molar refractivity (Wildman–Crippen MR) is 84.5 cm³/mol. The molecule has 5 nitrogen and oxygen atoms in total. The quantitative estimate of drug-likeness (QED) is 0.785. The molecule has 3 rings (SSSR count). The van der Waals surface area contributed by atoms with E-state index >= 15 is 0 Å². The molecule has 108 valence electrons. The van der Waals surface area contributed by atoms with E-state index in [4.69, 9.17) is 0 Å². The minimum Gasteiger partial charge on any atom is -0.308 e. The van der Waals surface area contributed by atoms with Gasteiger partial charge in [-0.1, -0.05) is 23.4 Å². The molecule has 0 fully saturated rings. The highest BCUT2D eigenvalue weighted by molar-refractivity contribution is 7.10. The molecule has 0 saturated heterocycles. The summed E-state index contributed by atoms with van der Waals surface area (Å²) in [5.41, 5.74) is 0.546. The van der Waals surface area contributed by atoms with Gasteiger partial charge in [0.15, 0.2) is 0 Å². The Kier molecular flexibility index (Phi) is 4.08. The lowest BCUT2D eigenvalue weighted by atomic mass is 10.2. The van der Waals surface area contributed by atoms with Crippen LogP contribution in [0.1, 0.15) is 17.8 Å². The molecular formula is C15H16N4OS. The maximum Gasteiger partial charge on any atom is 0.277 e. The molecule has 1 N–H and O–H groups in total. The third kappa shape index (κ3) is 3.01. The highest BCUT2D eigenvalue weighted by atomic mass is 32.1. The summed E-state index contributed by atoms with van der Waals surface area (Å²) in [6.45, 7) is 3.29. The maximum absolute atomic E-state index is 12.3. The molecule has 0 bridgehead atoms. The van der Waals surface area contributed by atoms with Crippen LogP contribution >= 0.6 is 11.3 Å². The molecule has 0 aliphatic heterocycles. The first-order chi connectivity index (χ1) is 10.3. The Hall–Kier alpha value is -2.05. The molecule has 0 amide bonds. The van der Waals surface area contributed by atoms with Gasteiger partial charge in [-0.25, -0.2) is 4.68 Å². The van der Waals surface area contributed by atoms with Crippen LogP contribution in [0.4, 0.5) is 0 Å². The summed E-state index contributed by atoms with van der Waals surface area (Å²) >= 11 is 1.72. The van der Waals surface area contributed by atoms with E-state index < -0.39 is 0 Å². The van der Waals surface area contributed by atoms with Crippen molar-refractivity contribution < 1.29 is 0 Å². The Morgan fingerprint density at radius 1 is 1.29 bits per heavy atom. The second kappa shape index (κ2) is 6.15. The van der Waals surface area contributed by atoms with Gasteiger partial charge < -0.3 is 5.32 Å². The summed E-state index contributed by atoms with van der Waals surface area (Å²) in [4.78, 5) is 13.6. The lowest BCUT2D eigenvalue weighted by Gasteiger charge is -2.12. The fourth-order valence-electron chi connectivity index (χ4n) is 2.19. The van der Waals surface area contributed by atoms with Crippen LogP contribution in [0.2, 0.25) is 0 Å². The minimum absolute atomic E-state index is 0.0915. The van der Waals surface area contributed by atoms with Crippen LogP contribution in [0, 0.1) is 0 Å². The fourth-order valence-corrected chi connectivity index (χ4v) is 2.95. The van der Waals surface area contributed by atoms with Crippen LogP contribution in [0.25, 0.3) is 10.9 Å². The average Bonchev–Trinajstić information content (AvgIpc) is 3.04. The van der Waals surface area contributed by atoms with Gasteiger partial charge in [-0.3, -0.25) is 4.79 Å². The van der Waals surface area contributed by atoms with Gasteiger partial charge in [0.25, 0.3) is 5.56 Å². The second-order valence-electron chi connectivity index (χ2n) is 4.83. The van der Waals surface area contributed by atoms with Crippen molar-refractivity contribution >= 4 is 22.2 Å². The number of hydrogen-bond donors (Lipinski definition) is 1. The molecule has 21 heavy (non-hydrogen) atoms. The molecule has 0 radical (unpaired) electrons. The summed E-state index contributed by atoms with van der Waals surface area (Å²) in [5, 5.41) is 14.1. The first-order valence-corrected chi connectivity index (χ1v) is 7.73. The number of nitrogens with zero attached hydrogens (tertiary/aromatic N) is 3. The van der Waals surface area contributed by atoms with Crippen LogP contribution in [-0.4, -0.2) is 21.5 Å². The number of rotatable bonds is 5. The monoisotopic (exact) mass is 300 g/mol. The maximum atomic E-state index is 12.3. The highest BCUT2D eigenvalue weighted by Crippen LogP contribution is 2.17. The largest absolute Gasteiger partial charge is 0.308 e. The van der Waals surface area contributed by atoms with Gasteiger partial charge in [0.1, 0.15) is 5.52 Å². The van der Waals surface area contributed by atoms with E-state index in [0.29, 0.717) is 24.0 Å². The molecule has 3 aromatic rings. The molecule has 2 heterocycles. The molecular weight excluding hydrogens is 284 g/mol. The van der Waals surface area contributed by atoms with Crippen molar-refractivity contribution in [3.63, 3.8) is 0 Å². The Balaban J connectivity index is 1.68. The van der Waals surface area contributed by atoms with Crippen molar-refractivity contribution in [2.75, 3.05) is 6.54 Å². The van der Waals surface area contributed by atoms with E-state index in [1.165, 1.54) is 9.56 Å². The first kappa shape index (κ1) is 13.9. The molecule has 1 atom stereocenters. The van der Waals surface area contributed by atoms with Gasteiger partial charge in [-0.2, -0.15) is 0 Å². The summed E-state index contributed by atoms with van der Waals surface area (Å²) in [6.07, 6.45) is 0. The summed E-state index contributed by atoms with van der Waals surface area (Å²) < 4.78 is 1.41. The van der Waals surface area contributed by atoms with Crippen molar-refractivity contribution in [3.05, 3.63) is 57.0 Å². The van der Waals surface area contributed by atoms with E-state index in [9.17, 15) is 4.79 Å². The SMILES string of the molecule is CC(NCCn1nnc2ccccc2c1=O)c1cccs1. The first-order valence-electron chi connectivity index (χ1n) is 6.85. The highest BCUT2D eigenvalue weighted by Gasteiger charge is 2.07. The summed E-state index contributed by atoms with van der Waals surface area (Å²) in [5.74, 6) is 0. The average molecular weight is 300 g/mol. The summed E-state index contributed by atoms with van der Waals surface area (Å²) in [6, 6.07) is 11.7. The van der Waals surface area contributed by atoms with Crippen molar-refractivity contribution in [2.24, 2.45) is 0 Å². The van der Waals surface area contributed by atoms with Crippen molar-refractivity contribution in [1.29, 1.82) is 0 Å². The van der Waals surface area contributed by atoms with Gasteiger partial charge >= 0.3 is 0 Å². The number of aromatic nitrogens is 3. The number of benzene rings is 1. The standard InChI is InChI=1S/C15H16N4OS/c1-11(14-7-4-10-21-14)16-8-9-19-15(20)12-5-2-3-6-13(12)17-18-19/h2-7,10-11,16H,8-9H2,1H3. The smallest absolute Gasteiger partial charge is 0.277 e. The third-order valence-electron chi connectivity index (χ3n) is 3.37. The van der Waals surface area contributed by atoms with Crippen molar-refractivity contribution in [3.8, 4) is 0 Å². The van der Waals surface area contributed by atoms with Crippen molar-refractivity contribution in [1.82, 2.24) is 20.3 Å². The van der Waals surface area contributed by atoms with Gasteiger partial charge in [0, 0.05) is 17.5 Å². The van der Waals surface area contributed by atoms with Crippen LogP contribution < -0.4 is 10.9 Å². The van der Waals surface area contributed by atoms with Crippen LogP contribution in [0.15, 0.2) is 46.6 Å². The zero-order chi connectivity index (χ0) is 14.7. The lowest BCUT2D eigenvalue weighted by Crippen LogP contribution is -2.30. The topological polar surface area (TPSA) is 59.8 Å². The number of hydrogen-bond acceptors (Lipinski definition) is 5. The van der Waals surface area contributed by atoms with E-state index in [2.05, 4.69) is 34.0 Å². The molecule has 0 saturated carbocycles. The Morgan fingerprint density at radius 2 is 2.14 bits per heavy atom. The van der Waals surface area contributed by atoms with E-state index in [1.54, 1.807) is 23.5 Å². The summed E-state index contributed by atoms with van der Waals surface area (Å²) in [7, 11) is 0. The fraction of sp³-hybridized carbons (Fsp3) is 0.267. The predicted octanol–water partition coefficient (Wildman–Crippen LogP) is 2.20. The van der Waals surface area contributed by atoms with E-state index in [0.717, 1.165) is 0 Å². The van der Waals surface area contributed by atoms with E-state index in [-0.39, 0.29) is 11.6 Å². The van der Waals surface area contributed by atoms with Crippen LogP contribution in [0.3, 0.4) is 0 Å². The Bertz CT molecular complexity index is 782. The van der Waals surface area contributed by atoms with Gasteiger partial charge in [0.2, 0.25) is 0 Å². The molecule has 1 aromatic carbocycles. The molecule has 0 spiro atoms. The van der Waals surface area contributed by atoms with Crippen molar-refractivity contribution in [2.45, 2.75) is 19.5 Å². The zero-order valence-corrected chi connectivity index (χ0v) is 12.5. The zero-order valence-electron chi connectivity index (χ0n) is 11.7. The number of thiophene rings is 1. The lowest BCUT2D eigenvalue weighted by molar-refractivity contribution is 0.484. The minimum atomic E-state index is -0.0915. The normalized spacial score (nSPS) is 12.6. The Morgan fingerprint density at radius 3 is 2.95 bits per heavy atom. The molecule has 6 heteroatoms. The van der Waals surface area contributed by atoms with Crippen LogP contribution in [-0.2, 0) is 6.54 Å². The Labute approximate surface area is 126 Å². The van der Waals surface area contributed by atoms with E-state index in [1.807, 2.05) is 18.2 Å². The van der Waals surface area contributed by atoms with Gasteiger partial charge in [-0.05, 0) is 30.5 Å². The molecule has 2 aromatic heterocycles. The third-order valence-corrected chi connectivity index (χ3v) is 4.43.